The number of nitrogens with two attached hydrogens (primary N) is 1. The van der Waals surface area contributed by atoms with Gasteiger partial charge in [-0.1, -0.05) is 27.7 Å². The molecule has 0 aromatic heterocycles. The Morgan fingerprint density at radius 3 is 2.32 bits per heavy atom. The number of halogens is 1. The van der Waals surface area contributed by atoms with Gasteiger partial charge in [0.05, 0.1) is 12.6 Å². The Balaban J connectivity index is 0.00000324. The third kappa shape index (κ3) is 6.29. The zero-order valence-corrected chi connectivity index (χ0v) is 15.3. The summed E-state index contributed by atoms with van der Waals surface area (Å²) in [5, 5.41) is 0. The summed E-state index contributed by atoms with van der Waals surface area (Å²) in [4.78, 5) is 6.70. The Labute approximate surface area is 135 Å². The largest absolute Gasteiger partial charge is 0.379 e. The van der Waals surface area contributed by atoms with Crippen molar-refractivity contribution in [2.75, 3.05) is 26.7 Å². The second-order valence-electron chi connectivity index (χ2n) is 6.46. The third-order valence-corrected chi connectivity index (χ3v) is 3.78. The first-order chi connectivity index (χ1) is 8.34. The number of nitrogens with zero attached hydrogens (tertiary/aromatic N) is 2. The number of hydrogen-bond acceptors (Lipinski definition) is 2. The molecule has 0 aliphatic carbocycles. The van der Waals surface area contributed by atoms with E-state index in [9.17, 15) is 0 Å². The molecule has 1 atom stereocenters. The molecule has 1 rings (SSSR count). The quantitative estimate of drug-likeness (QED) is 0.463. The van der Waals surface area contributed by atoms with Crippen molar-refractivity contribution in [3.05, 3.63) is 0 Å². The first-order valence-electron chi connectivity index (χ1n) is 6.92. The van der Waals surface area contributed by atoms with Crippen LogP contribution in [0.2, 0.25) is 0 Å². The lowest BCUT2D eigenvalue weighted by Crippen LogP contribution is -2.43. The molecule has 4 nitrogen and oxygen atoms in total. The number of likely N-dealkylation sites (tertiary alicyclic amines) is 1. The van der Waals surface area contributed by atoms with Crippen LogP contribution in [0.3, 0.4) is 0 Å². The van der Waals surface area contributed by atoms with Crippen molar-refractivity contribution in [2.24, 2.45) is 22.1 Å². The first kappa shape index (κ1) is 19.0. The van der Waals surface area contributed by atoms with Gasteiger partial charge >= 0.3 is 0 Å². The summed E-state index contributed by atoms with van der Waals surface area (Å²) in [5.41, 5.74) is 6.15. The molecule has 0 bridgehead atoms. The van der Waals surface area contributed by atoms with Crippen LogP contribution in [0.4, 0.5) is 0 Å². The normalized spacial score (nSPS) is 20.1. The van der Waals surface area contributed by atoms with E-state index in [2.05, 4.69) is 37.6 Å². The average molecular weight is 383 g/mol. The highest BCUT2D eigenvalue weighted by molar-refractivity contribution is 14.0. The maximum Gasteiger partial charge on any atom is 0.191 e. The fourth-order valence-electron chi connectivity index (χ4n) is 2.22. The summed E-state index contributed by atoms with van der Waals surface area (Å²) in [5.74, 6) is 1.49. The second-order valence-corrected chi connectivity index (χ2v) is 6.46. The van der Waals surface area contributed by atoms with Gasteiger partial charge in [-0.3, -0.25) is 4.99 Å². The van der Waals surface area contributed by atoms with Gasteiger partial charge in [-0.05, 0) is 24.2 Å². The third-order valence-electron chi connectivity index (χ3n) is 3.78. The number of methoxy groups -OCH3 is 1. The highest BCUT2D eigenvalue weighted by atomic mass is 127. The predicted molar refractivity (Wildman–Crippen MR) is 92.1 cm³/mol. The zero-order chi connectivity index (χ0) is 13.8. The van der Waals surface area contributed by atoms with E-state index in [-0.39, 0.29) is 35.5 Å². The fourth-order valence-corrected chi connectivity index (χ4v) is 2.22. The minimum absolute atomic E-state index is 0. The van der Waals surface area contributed by atoms with Gasteiger partial charge in [-0.15, -0.1) is 24.0 Å². The number of hydrogen-bond donors (Lipinski definition) is 1. The van der Waals surface area contributed by atoms with Gasteiger partial charge in [-0.2, -0.15) is 0 Å². The highest BCUT2D eigenvalue weighted by Crippen LogP contribution is 2.22. The summed E-state index contributed by atoms with van der Waals surface area (Å²) >= 11 is 0. The molecule has 19 heavy (non-hydrogen) atoms. The Kier molecular flexibility index (Phi) is 8.27. The molecule has 0 amide bonds. The van der Waals surface area contributed by atoms with Crippen LogP contribution in [-0.4, -0.2) is 43.7 Å². The first-order valence-corrected chi connectivity index (χ1v) is 6.92. The smallest absolute Gasteiger partial charge is 0.191 e. The number of guanidine groups is 1. The number of rotatable bonds is 3. The van der Waals surface area contributed by atoms with Crippen LogP contribution in [0.15, 0.2) is 4.99 Å². The molecule has 1 aliphatic heterocycles. The molecule has 114 valence electrons. The maximum absolute atomic E-state index is 6.06. The molecular formula is C14H30IN3O. The molecule has 1 aliphatic rings. The lowest BCUT2D eigenvalue weighted by Gasteiger charge is -2.32. The minimum atomic E-state index is 0. The standard InChI is InChI=1S/C14H29N3O.HI/c1-11-6-8-17(9-7-11)13(15)16-10-12(18-5)14(2,3)4;/h11-12H,6-10H2,1-5H3,(H2,15,16);1H. The molecule has 1 heterocycles. The van der Waals surface area contributed by atoms with Crippen LogP contribution >= 0.6 is 24.0 Å². The fraction of sp³-hybridized carbons (Fsp3) is 0.929. The van der Waals surface area contributed by atoms with Gasteiger partial charge in [0.1, 0.15) is 0 Å². The predicted octanol–water partition coefficient (Wildman–Crippen LogP) is 2.71. The van der Waals surface area contributed by atoms with Crippen molar-refractivity contribution in [1.29, 1.82) is 0 Å². The lowest BCUT2D eigenvalue weighted by molar-refractivity contribution is 0.0239. The highest BCUT2D eigenvalue weighted by Gasteiger charge is 2.24. The van der Waals surface area contributed by atoms with E-state index in [0.717, 1.165) is 19.0 Å². The van der Waals surface area contributed by atoms with Gasteiger partial charge in [0.2, 0.25) is 0 Å². The molecule has 0 aromatic carbocycles. The van der Waals surface area contributed by atoms with Crippen molar-refractivity contribution in [3.63, 3.8) is 0 Å². The van der Waals surface area contributed by atoms with E-state index < -0.39 is 0 Å². The van der Waals surface area contributed by atoms with Gasteiger partial charge in [0.15, 0.2) is 5.96 Å². The van der Waals surface area contributed by atoms with Gasteiger partial charge in [-0.25, -0.2) is 0 Å². The van der Waals surface area contributed by atoms with E-state index in [0.29, 0.717) is 12.5 Å². The van der Waals surface area contributed by atoms with Crippen LogP contribution in [0, 0.1) is 11.3 Å². The van der Waals surface area contributed by atoms with E-state index >= 15 is 0 Å². The summed E-state index contributed by atoms with van der Waals surface area (Å²) in [7, 11) is 1.74. The molecule has 0 spiro atoms. The summed E-state index contributed by atoms with van der Waals surface area (Å²) in [6.07, 6.45) is 2.53. The molecule has 0 aromatic rings. The maximum atomic E-state index is 6.06. The van der Waals surface area contributed by atoms with Crippen molar-refractivity contribution < 1.29 is 4.74 Å². The Morgan fingerprint density at radius 1 is 1.37 bits per heavy atom. The molecule has 1 unspecified atom stereocenters. The van der Waals surface area contributed by atoms with Crippen molar-refractivity contribution in [2.45, 2.75) is 46.6 Å². The molecule has 2 N–H and O–H groups in total. The number of piperidine rings is 1. The Bertz CT molecular complexity index is 281. The van der Waals surface area contributed by atoms with Gasteiger partial charge in [0, 0.05) is 20.2 Å². The summed E-state index contributed by atoms with van der Waals surface area (Å²) in [6, 6.07) is 0. The molecule has 0 radical (unpaired) electrons. The van der Waals surface area contributed by atoms with Crippen molar-refractivity contribution in [1.82, 2.24) is 4.90 Å². The lowest BCUT2D eigenvalue weighted by atomic mass is 9.89. The van der Waals surface area contributed by atoms with Crippen LogP contribution in [0.5, 0.6) is 0 Å². The number of ether oxygens (including phenoxy) is 1. The van der Waals surface area contributed by atoms with Crippen LogP contribution in [0.1, 0.15) is 40.5 Å². The van der Waals surface area contributed by atoms with Gasteiger partial charge < -0.3 is 15.4 Å². The molecular weight excluding hydrogens is 353 g/mol. The van der Waals surface area contributed by atoms with E-state index in [4.69, 9.17) is 10.5 Å². The summed E-state index contributed by atoms with van der Waals surface area (Å²) in [6.45, 7) is 11.5. The zero-order valence-electron chi connectivity index (χ0n) is 13.0. The van der Waals surface area contributed by atoms with Gasteiger partial charge in [0.25, 0.3) is 0 Å². The van der Waals surface area contributed by atoms with Crippen LogP contribution in [-0.2, 0) is 4.74 Å². The van der Waals surface area contributed by atoms with Crippen LogP contribution in [0.25, 0.3) is 0 Å². The second kappa shape index (κ2) is 8.29. The number of aliphatic imine (C=N–C) groups is 1. The van der Waals surface area contributed by atoms with Crippen molar-refractivity contribution in [3.8, 4) is 0 Å². The Hall–Kier alpha value is -0.0400. The van der Waals surface area contributed by atoms with Crippen molar-refractivity contribution >= 4 is 29.9 Å². The average Bonchev–Trinajstić information content (AvgIpc) is 2.28. The van der Waals surface area contributed by atoms with E-state index in [1.54, 1.807) is 7.11 Å². The van der Waals surface area contributed by atoms with Crippen LogP contribution < -0.4 is 5.73 Å². The molecule has 5 heteroatoms. The SMILES string of the molecule is COC(CN=C(N)N1CCC(C)CC1)C(C)(C)C.I. The molecule has 0 saturated carbocycles. The Morgan fingerprint density at radius 2 is 1.89 bits per heavy atom. The van der Waals surface area contributed by atoms with E-state index in [1.165, 1.54) is 12.8 Å². The molecule has 1 saturated heterocycles. The minimum Gasteiger partial charge on any atom is -0.379 e. The molecule has 1 fully saturated rings. The monoisotopic (exact) mass is 383 g/mol. The van der Waals surface area contributed by atoms with E-state index in [1.807, 2.05) is 0 Å². The topological polar surface area (TPSA) is 50.9 Å². The summed E-state index contributed by atoms with van der Waals surface area (Å²) < 4.78 is 5.49.